The van der Waals surface area contributed by atoms with E-state index in [0.29, 0.717) is 6.04 Å². The molecule has 0 amide bonds. The predicted molar refractivity (Wildman–Crippen MR) is 80.4 cm³/mol. The topological polar surface area (TPSA) is 33.3 Å². The molecule has 19 heavy (non-hydrogen) atoms. The molecule has 0 spiro atoms. The van der Waals surface area contributed by atoms with Gasteiger partial charge in [0.05, 0.1) is 13.2 Å². The molecule has 1 aliphatic heterocycles. The van der Waals surface area contributed by atoms with Gasteiger partial charge in [0, 0.05) is 18.6 Å². The fraction of sp³-hybridized carbons (Fsp3) is 0.875. The van der Waals surface area contributed by atoms with E-state index in [-0.39, 0.29) is 0 Å². The third kappa shape index (κ3) is 4.90. The molecular formula is C16H30N2O. The van der Waals surface area contributed by atoms with E-state index < -0.39 is 0 Å². The highest BCUT2D eigenvalue weighted by molar-refractivity contribution is 4.92. The van der Waals surface area contributed by atoms with E-state index in [9.17, 15) is 0 Å². The minimum absolute atomic E-state index is 0.707. The Labute approximate surface area is 118 Å². The van der Waals surface area contributed by atoms with Crippen molar-refractivity contribution in [1.82, 2.24) is 10.6 Å². The Morgan fingerprint density at radius 2 is 2.11 bits per heavy atom. The Morgan fingerprint density at radius 3 is 2.89 bits per heavy atom. The standard InChI is InChI=1S/C16H30N2O/c1-2-3-12-19-13-11-18-16-9-6-7-14(16)15-8-4-5-10-17-15/h2,14-18H,1,3-13H2. The lowest BCUT2D eigenvalue weighted by Crippen LogP contribution is -2.47. The van der Waals surface area contributed by atoms with Gasteiger partial charge < -0.3 is 15.4 Å². The van der Waals surface area contributed by atoms with Crippen molar-refractivity contribution < 1.29 is 4.74 Å². The van der Waals surface area contributed by atoms with Crippen molar-refractivity contribution in [3.8, 4) is 0 Å². The molecule has 3 heteroatoms. The second-order valence-electron chi connectivity index (χ2n) is 5.90. The average molecular weight is 266 g/mol. The lowest BCUT2D eigenvalue weighted by atomic mass is 9.88. The Balaban J connectivity index is 1.62. The van der Waals surface area contributed by atoms with Gasteiger partial charge in [0.1, 0.15) is 0 Å². The van der Waals surface area contributed by atoms with Gasteiger partial charge in [-0.2, -0.15) is 0 Å². The van der Waals surface area contributed by atoms with Gasteiger partial charge in [-0.25, -0.2) is 0 Å². The Hall–Kier alpha value is -0.380. The second kappa shape index (κ2) is 8.72. The maximum absolute atomic E-state index is 5.57. The van der Waals surface area contributed by atoms with Crippen molar-refractivity contribution in [2.45, 2.75) is 57.0 Å². The summed E-state index contributed by atoms with van der Waals surface area (Å²) in [5.74, 6) is 0.841. The van der Waals surface area contributed by atoms with Crippen molar-refractivity contribution in [2.75, 3.05) is 26.3 Å². The molecule has 0 aromatic carbocycles. The lowest BCUT2D eigenvalue weighted by Gasteiger charge is -2.33. The Bertz CT molecular complexity index is 251. The monoisotopic (exact) mass is 266 g/mol. The minimum atomic E-state index is 0.707. The van der Waals surface area contributed by atoms with Crippen molar-refractivity contribution in [3.63, 3.8) is 0 Å². The maximum atomic E-state index is 5.57. The minimum Gasteiger partial charge on any atom is -0.380 e. The molecule has 2 aliphatic rings. The molecule has 3 nitrogen and oxygen atoms in total. The van der Waals surface area contributed by atoms with E-state index in [1.54, 1.807) is 0 Å². The molecule has 1 aliphatic carbocycles. The molecule has 0 bridgehead atoms. The van der Waals surface area contributed by atoms with Crippen LogP contribution in [0.2, 0.25) is 0 Å². The van der Waals surface area contributed by atoms with E-state index in [1.807, 2.05) is 6.08 Å². The highest BCUT2D eigenvalue weighted by Gasteiger charge is 2.33. The van der Waals surface area contributed by atoms with Crippen LogP contribution in [0.5, 0.6) is 0 Å². The summed E-state index contributed by atoms with van der Waals surface area (Å²) >= 11 is 0. The first-order valence-corrected chi connectivity index (χ1v) is 8.07. The van der Waals surface area contributed by atoms with Crippen molar-refractivity contribution in [1.29, 1.82) is 0 Å². The van der Waals surface area contributed by atoms with Crippen LogP contribution in [0.25, 0.3) is 0 Å². The van der Waals surface area contributed by atoms with Gasteiger partial charge in [-0.3, -0.25) is 0 Å². The molecular weight excluding hydrogens is 236 g/mol. The fourth-order valence-electron chi connectivity index (χ4n) is 3.55. The van der Waals surface area contributed by atoms with Gasteiger partial charge >= 0.3 is 0 Å². The first-order valence-electron chi connectivity index (χ1n) is 8.07. The van der Waals surface area contributed by atoms with Crippen LogP contribution in [0, 0.1) is 5.92 Å². The molecule has 0 aromatic heterocycles. The van der Waals surface area contributed by atoms with Crippen LogP contribution < -0.4 is 10.6 Å². The number of hydrogen-bond donors (Lipinski definition) is 2. The maximum Gasteiger partial charge on any atom is 0.0591 e. The lowest BCUT2D eigenvalue weighted by molar-refractivity contribution is 0.134. The summed E-state index contributed by atoms with van der Waals surface area (Å²) in [5, 5.41) is 7.44. The Kier molecular flexibility index (Phi) is 6.90. The SMILES string of the molecule is C=CCCOCCNC1CCCC1C1CCCCN1. The van der Waals surface area contributed by atoms with Crippen molar-refractivity contribution in [2.24, 2.45) is 5.92 Å². The van der Waals surface area contributed by atoms with Gasteiger partial charge in [-0.05, 0) is 44.6 Å². The van der Waals surface area contributed by atoms with Crippen LogP contribution in [0.15, 0.2) is 12.7 Å². The fourth-order valence-corrected chi connectivity index (χ4v) is 3.55. The average Bonchev–Trinajstić information content (AvgIpc) is 2.92. The van der Waals surface area contributed by atoms with E-state index in [1.165, 1.54) is 45.1 Å². The van der Waals surface area contributed by atoms with E-state index in [2.05, 4.69) is 17.2 Å². The van der Waals surface area contributed by atoms with Gasteiger partial charge in [0.2, 0.25) is 0 Å². The third-order valence-electron chi connectivity index (χ3n) is 4.55. The summed E-state index contributed by atoms with van der Waals surface area (Å²) < 4.78 is 5.57. The molecule has 2 fully saturated rings. The normalized spacial score (nSPS) is 31.5. The quantitative estimate of drug-likeness (QED) is 0.523. The first kappa shape index (κ1) is 15.0. The molecule has 1 saturated heterocycles. The van der Waals surface area contributed by atoms with Crippen LogP contribution in [-0.2, 0) is 4.74 Å². The molecule has 3 unspecified atom stereocenters. The van der Waals surface area contributed by atoms with Crippen molar-refractivity contribution in [3.05, 3.63) is 12.7 Å². The zero-order chi connectivity index (χ0) is 13.3. The number of rotatable bonds is 8. The summed E-state index contributed by atoms with van der Waals surface area (Å²) in [5.41, 5.74) is 0. The second-order valence-corrected chi connectivity index (χ2v) is 5.90. The summed E-state index contributed by atoms with van der Waals surface area (Å²) in [7, 11) is 0. The number of hydrogen-bond acceptors (Lipinski definition) is 3. The predicted octanol–water partition coefficient (Wildman–Crippen LogP) is 2.48. The van der Waals surface area contributed by atoms with Gasteiger partial charge in [-0.1, -0.05) is 18.9 Å². The van der Waals surface area contributed by atoms with Crippen LogP contribution in [0.4, 0.5) is 0 Å². The number of ether oxygens (including phenoxy) is 1. The highest BCUT2D eigenvalue weighted by Crippen LogP contribution is 2.31. The van der Waals surface area contributed by atoms with Crippen LogP contribution in [-0.4, -0.2) is 38.4 Å². The molecule has 110 valence electrons. The van der Waals surface area contributed by atoms with E-state index in [0.717, 1.165) is 38.1 Å². The van der Waals surface area contributed by atoms with E-state index >= 15 is 0 Å². The molecule has 0 aromatic rings. The number of piperidine rings is 1. The molecule has 0 radical (unpaired) electrons. The van der Waals surface area contributed by atoms with Crippen molar-refractivity contribution >= 4 is 0 Å². The summed E-state index contributed by atoms with van der Waals surface area (Å²) in [6, 6.07) is 1.47. The van der Waals surface area contributed by atoms with Gasteiger partial charge in [0.15, 0.2) is 0 Å². The highest BCUT2D eigenvalue weighted by atomic mass is 16.5. The van der Waals surface area contributed by atoms with E-state index in [4.69, 9.17) is 4.74 Å². The number of nitrogens with one attached hydrogen (secondary N) is 2. The smallest absolute Gasteiger partial charge is 0.0591 e. The summed E-state index contributed by atoms with van der Waals surface area (Å²) in [6.07, 6.45) is 11.1. The first-order chi connectivity index (χ1) is 9.42. The summed E-state index contributed by atoms with van der Waals surface area (Å²) in [6.45, 7) is 7.55. The largest absolute Gasteiger partial charge is 0.380 e. The van der Waals surface area contributed by atoms with Crippen LogP contribution in [0.3, 0.4) is 0 Å². The Morgan fingerprint density at radius 1 is 1.16 bits per heavy atom. The zero-order valence-corrected chi connectivity index (χ0v) is 12.2. The molecule has 2 rings (SSSR count). The van der Waals surface area contributed by atoms with Gasteiger partial charge in [-0.15, -0.1) is 6.58 Å². The molecule has 2 N–H and O–H groups in total. The zero-order valence-electron chi connectivity index (χ0n) is 12.2. The summed E-state index contributed by atoms with van der Waals surface area (Å²) in [4.78, 5) is 0. The van der Waals surface area contributed by atoms with Crippen LogP contribution >= 0.6 is 0 Å². The molecule has 3 atom stereocenters. The molecule has 1 heterocycles. The van der Waals surface area contributed by atoms with Gasteiger partial charge in [0.25, 0.3) is 0 Å². The van der Waals surface area contributed by atoms with Crippen LogP contribution in [0.1, 0.15) is 44.9 Å². The molecule has 1 saturated carbocycles. The third-order valence-corrected chi connectivity index (χ3v) is 4.55.